The molecule has 0 amide bonds. The third-order valence-electron chi connectivity index (χ3n) is 2.37. The van der Waals surface area contributed by atoms with Gasteiger partial charge in [-0.2, -0.15) is 8.42 Å². The standard InChI is InChI=1S/C12H11BrN2O3S/c13-9-3-1-2-4-12(9)19(16,17)18-8-5-6-10(14)11(15)7-8/h1-7H,14-15H2. The molecule has 100 valence electrons. The van der Waals surface area contributed by atoms with Gasteiger partial charge in [0.05, 0.1) is 11.4 Å². The Morgan fingerprint density at radius 3 is 2.32 bits per heavy atom. The van der Waals surface area contributed by atoms with Crippen LogP contribution in [-0.2, 0) is 10.1 Å². The van der Waals surface area contributed by atoms with Gasteiger partial charge in [-0.15, -0.1) is 0 Å². The largest absolute Gasteiger partial charge is 0.397 e. The van der Waals surface area contributed by atoms with Crippen molar-refractivity contribution in [2.45, 2.75) is 4.90 Å². The lowest BCUT2D eigenvalue weighted by molar-refractivity contribution is 0.486. The molecule has 0 aliphatic heterocycles. The topological polar surface area (TPSA) is 95.4 Å². The molecule has 5 nitrogen and oxygen atoms in total. The predicted octanol–water partition coefficient (Wildman–Crippen LogP) is 2.38. The lowest BCUT2D eigenvalue weighted by atomic mass is 10.3. The number of anilines is 2. The van der Waals surface area contributed by atoms with Crippen LogP contribution in [0.25, 0.3) is 0 Å². The summed E-state index contributed by atoms with van der Waals surface area (Å²) in [5.74, 6) is 0.113. The van der Waals surface area contributed by atoms with Gasteiger partial charge in [-0.1, -0.05) is 12.1 Å². The second kappa shape index (κ2) is 5.10. The highest BCUT2D eigenvalue weighted by molar-refractivity contribution is 9.10. The normalized spacial score (nSPS) is 11.2. The van der Waals surface area contributed by atoms with Crippen molar-refractivity contribution in [1.29, 1.82) is 0 Å². The molecule has 0 spiro atoms. The molecule has 2 aromatic carbocycles. The van der Waals surface area contributed by atoms with Gasteiger partial charge in [0.25, 0.3) is 0 Å². The molecule has 0 heterocycles. The molecule has 0 aliphatic rings. The van der Waals surface area contributed by atoms with Crippen molar-refractivity contribution in [2.24, 2.45) is 0 Å². The lowest BCUT2D eigenvalue weighted by Crippen LogP contribution is -2.10. The molecule has 4 N–H and O–H groups in total. The Bertz CT molecular complexity index is 717. The maximum atomic E-state index is 12.1. The van der Waals surface area contributed by atoms with Gasteiger partial charge in [0.15, 0.2) is 0 Å². The molecular formula is C12H11BrN2O3S. The van der Waals surface area contributed by atoms with E-state index < -0.39 is 10.1 Å². The predicted molar refractivity (Wildman–Crippen MR) is 77.2 cm³/mol. The van der Waals surface area contributed by atoms with Crippen LogP contribution in [0.4, 0.5) is 11.4 Å². The maximum Gasteiger partial charge on any atom is 0.340 e. The average Bonchev–Trinajstić information content (AvgIpc) is 2.34. The Hall–Kier alpha value is -1.73. The molecule has 0 bridgehead atoms. The van der Waals surface area contributed by atoms with E-state index in [4.69, 9.17) is 15.7 Å². The molecule has 0 saturated heterocycles. The molecule has 0 saturated carbocycles. The summed E-state index contributed by atoms with van der Waals surface area (Å²) in [6, 6.07) is 10.7. The van der Waals surface area contributed by atoms with Gasteiger partial charge in [-0.25, -0.2) is 0 Å². The smallest absolute Gasteiger partial charge is 0.340 e. The van der Waals surface area contributed by atoms with E-state index in [1.165, 1.54) is 24.3 Å². The van der Waals surface area contributed by atoms with Gasteiger partial charge >= 0.3 is 10.1 Å². The molecule has 19 heavy (non-hydrogen) atoms. The van der Waals surface area contributed by atoms with Crippen molar-refractivity contribution < 1.29 is 12.6 Å². The Balaban J connectivity index is 2.37. The van der Waals surface area contributed by atoms with Crippen molar-refractivity contribution in [3.63, 3.8) is 0 Å². The number of benzene rings is 2. The molecule has 2 aromatic rings. The van der Waals surface area contributed by atoms with E-state index in [2.05, 4.69) is 15.9 Å². The Labute approximate surface area is 119 Å². The highest BCUT2D eigenvalue weighted by atomic mass is 79.9. The Morgan fingerprint density at radius 1 is 1.00 bits per heavy atom. The van der Waals surface area contributed by atoms with Gasteiger partial charge < -0.3 is 15.7 Å². The van der Waals surface area contributed by atoms with E-state index >= 15 is 0 Å². The van der Waals surface area contributed by atoms with E-state index in [1.54, 1.807) is 18.2 Å². The van der Waals surface area contributed by atoms with Crippen LogP contribution in [0.2, 0.25) is 0 Å². The van der Waals surface area contributed by atoms with E-state index in [-0.39, 0.29) is 16.3 Å². The highest BCUT2D eigenvalue weighted by Gasteiger charge is 2.19. The third-order valence-corrected chi connectivity index (χ3v) is 4.63. The van der Waals surface area contributed by atoms with Crippen molar-refractivity contribution in [2.75, 3.05) is 11.5 Å². The van der Waals surface area contributed by atoms with Gasteiger partial charge in [-0.05, 0) is 40.2 Å². The SMILES string of the molecule is Nc1ccc(OS(=O)(=O)c2ccccc2Br)cc1N. The Kier molecular flexibility index (Phi) is 3.68. The van der Waals surface area contributed by atoms with Crippen molar-refractivity contribution in [1.82, 2.24) is 0 Å². The number of halogens is 1. The number of hydrogen-bond acceptors (Lipinski definition) is 5. The Morgan fingerprint density at radius 2 is 1.68 bits per heavy atom. The second-order valence-corrected chi connectivity index (χ2v) is 6.13. The van der Waals surface area contributed by atoms with Crippen LogP contribution in [0.1, 0.15) is 0 Å². The zero-order valence-corrected chi connectivity index (χ0v) is 12.1. The molecule has 0 aromatic heterocycles. The fourth-order valence-corrected chi connectivity index (χ4v) is 3.30. The van der Waals surface area contributed by atoms with E-state index in [9.17, 15) is 8.42 Å². The zero-order chi connectivity index (χ0) is 14.0. The van der Waals surface area contributed by atoms with Crippen LogP contribution in [0.3, 0.4) is 0 Å². The minimum absolute atomic E-state index is 0.0467. The summed E-state index contributed by atoms with van der Waals surface area (Å²) in [5.41, 5.74) is 11.8. The molecule has 0 atom stereocenters. The minimum Gasteiger partial charge on any atom is -0.397 e. The first kappa shape index (κ1) is 13.7. The van der Waals surface area contributed by atoms with Crippen LogP contribution < -0.4 is 15.7 Å². The van der Waals surface area contributed by atoms with Gasteiger partial charge in [-0.3, -0.25) is 0 Å². The van der Waals surface area contributed by atoms with E-state index in [1.807, 2.05) is 0 Å². The summed E-state index contributed by atoms with van der Waals surface area (Å²) in [4.78, 5) is 0.0467. The van der Waals surface area contributed by atoms with Crippen molar-refractivity contribution in [3.8, 4) is 5.75 Å². The average molecular weight is 343 g/mol. The summed E-state index contributed by atoms with van der Waals surface area (Å²) in [6.45, 7) is 0. The summed E-state index contributed by atoms with van der Waals surface area (Å²) in [5, 5.41) is 0. The molecule has 2 rings (SSSR count). The quantitative estimate of drug-likeness (QED) is 0.659. The summed E-state index contributed by atoms with van der Waals surface area (Å²) in [6.07, 6.45) is 0. The number of hydrogen-bond donors (Lipinski definition) is 2. The van der Waals surface area contributed by atoms with E-state index in [0.29, 0.717) is 10.2 Å². The van der Waals surface area contributed by atoms with Crippen molar-refractivity contribution in [3.05, 3.63) is 46.9 Å². The fraction of sp³-hybridized carbons (Fsp3) is 0. The number of rotatable bonds is 3. The highest BCUT2D eigenvalue weighted by Crippen LogP contribution is 2.27. The molecular weight excluding hydrogens is 332 g/mol. The van der Waals surface area contributed by atoms with Crippen LogP contribution in [0.5, 0.6) is 5.75 Å². The van der Waals surface area contributed by atoms with Crippen molar-refractivity contribution >= 4 is 37.4 Å². The van der Waals surface area contributed by atoms with Crippen LogP contribution >= 0.6 is 15.9 Å². The molecule has 0 unspecified atom stereocenters. The first-order valence-electron chi connectivity index (χ1n) is 5.24. The monoisotopic (exact) mass is 342 g/mol. The third kappa shape index (κ3) is 2.99. The molecule has 0 aliphatic carbocycles. The van der Waals surface area contributed by atoms with Gasteiger partial charge in [0.1, 0.15) is 10.6 Å². The van der Waals surface area contributed by atoms with Crippen LogP contribution in [0, 0.1) is 0 Å². The summed E-state index contributed by atoms with van der Waals surface area (Å²) in [7, 11) is -3.92. The van der Waals surface area contributed by atoms with Crippen LogP contribution in [-0.4, -0.2) is 8.42 Å². The fourth-order valence-electron chi connectivity index (χ4n) is 1.42. The number of nitrogen functional groups attached to an aromatic ring is 2. The number of nitrogens with two attached hydrogens (primary N) is 2. The zero-order valence-electron chi connectivity index (χ0n) is 9.71. The first-order valence-corrected chi connectivity index (χ1v) is 7.44. The molecule has 0 fully saturated rings. The molecule has 7 heteroatoms. The first-order chi connectivity index (χ1) is 8.90. The lowest BCUT2D eigenvalue weighted by Gasteiger charge is -2.09. The molecule has 0 radical (unpaired) electrons. The maximum absolute atomic E-state index is 12.1. The second-order valence-electron chi connectivity index (χ2n) is 3.76. The van der Waals surface area contributed by atoms with E-state index in [0.717, 1.165) is 0 Å². The minimum atomic E-state index is -3.92. The van der Waals surface area contributed by atoms with Crippen LogP contribution in [0.15, 0.2) is 51.8 Å². The summed E-state index contributed by atoms with van der Waals surface area (Å²) < 4.78 is 29.6. The van der Waals surface area contributed by atoms with Gasteiger partial charge in [0, 0.05) is 10.5 Å². The van der Waals surface area contributed by atoms with Gasteiger partial charge in [0.2, 0.25) is 0 Å². The summed E-state index contributed by atoms with van der Waals surface area (Å²) >= 11 is 3.17.